The van der Waals surface area contributed by atoms with Gasteiger partial charge in [0.1, 0.15) is 0 Å². The molecule has 13 rings (SSSR count). The predicted molar refractivity (Wildman–Crippen MR) is 413 cm³/mol. The van der Waals surface area contributed by atoms with Crippen LogP contribution < -0.4 is 10.6 Å². The maximum Gasteiger partial charge on any atom is 0.261 e. The third kappa shape index (κ3) is 13.0. The Morgan fingerprint density at radius 3 is 0.816 bits per heavy atom. The number of imide groups is 2. The molecule has 4 atom stereocenters. The second kappa shape index (κ2) is 30.6. The minimum absolute atomic E-state index is 0.218. The highest BCUT2D eigenvalue weighted by Gasteiger charge is 2.37. The smallest absolute Gasteiger partial charge is 0.261 e. The van der Waals surface area contributed by atoms with Crippen LogP contribution in [-0.2, 0) is 38.8 Å². The molecule has 4 unspecified atom stereocenters. The lowest BCUT2D eigenvalue weighted by Crippen LogP contribution is -2.44. The van der Waals surface area contributed by atoms with E-state index in [1.54, 1.807) is 0 Å². The van der Waals surface area contributed by atoms with Gasteiger partial charge in [0.2, 0.25) is 0 Å². The van der Waals surface area contributed by atoms with E-state index in [0.717, 1.165) is 83.7 Å². The fourth-order valence-electron chi connectivity index (χ4n) is 17.5. The molecule has 2 heterocycles. The predicted octanol–water partition coefficient (Wildman–Crippen LogP) is 22.2. The first-order chi connectivity index (χ1) is 48.0. The quantitative estimate of drug-likeness (QED) is 0.0180. The lowest BCUT2D eigenvalue weighted by Gasteiger charge is -2.30. The largest absolute Gasteiger partial charge is 0.311 e. The molecule has 0 spiro atoms. The zero-order chi connectivity index (χ0) is 68.1. The van der Waals surface area contributed by atoms with Gasteiger partial charge in [-0.3, -0.25) is 29.0 Å². The van der Waals surface area contributed by atoms with E-state index >= 15 is 0 Å². The molecule has 0 radical (unpaired) electrons. The van der Waals surface area contributed by atoms with Gasteiger partial charge in [-0.2, -0.15) is 0 Å². The van der Waals surface area contributed by atoms with Gasteiger partial charge in [0.25, 0.3) is 23.6 Å². The van der Waals surface area contributed by atoms with Gasteiger partial charge < -0.3 is 10.6 Å². The average molecular weight is 1310 g/mol. The van der Waals surface area contributed by atoms with Gasteiger partial charge in [-0.25, -0.2) is 0 Å². The van der Waals surface area contributed by atoms with Crippen molar-refractivity contribution in [2.75, 3.05) is 26.2 Å². The maximum atomic E-state index is 14.9. The number of carbonyl (C=O) groups excluding carboxylic acids is 4. The molecule has 508 valence electrons. The van der Waals surface area contributed by atoms with Gasteiger partial charge in [-0.1, -0.05) is 255 Å². The monoisotopic (exact) mass is 1300 g/mol. The normalized spacial score (nSPS) is 14.7. The number of nitrogens with zero attached hydrogens (tertiary/aromatic N) is 2. The van der Waals surface area contributed by atoms with Crippen molar-refractivity contribution >= 4 is 110 Å². The van der Waals surface area contributed by atoms with Crippen LogP contribution in [0.3, 0.4) is 0 Å². The molecule has 11 aromatic carbocycles. The fourth-order valence-corrected chi connectivity index (χ4v) is 17.5. The lowest BCUT2D eigenvalue weighted by molar-refractivity contribution is 0.0596. The SMILES string of the molecule is CCCCC(CC)Cc1cccc2c(CNCCN3C(=O)c4ccc5c6ccc7c8c(ccc(c9ccc(c4c59)C3=O)c86)C(=O)N(CCNCc3c4cccc(CC(CC)CCCC)c4cc4c(CC(CC)CCCC)cccc34)C7=O)c3cccc(CC(CC)CCCC)c3cc12. The van der Waals surface area contributed by atoms with Crippen molar-refractivity contribution in [3.05, 3.63) is 189 Å². The molecule has 11 aromatic rings. The summed E-state index contributed by atoms with van der Waals surface area (Å²) in [6.45, 7) is 21.0. The molecule has 0 saturated heterocycles. The Labute approximate surface area is 582 Å². The van der Waals surface area contributed by atoms with E-state index in [4.69, 9.17) is 0 Å². The standard InChI is InChI=1S/C90H104N4O4/c1-9-17-25-57(13-5)49-61-29-21-33-65-77(61)53-78-62(50-58(14-6)26-18-10-2)30-22-34-66(78)81(65)55-91-45-47-93-87(95)73-41-37-69-71-39-43-75-86-76(44-40-72(84(71)86)70-38-42-74(88(93)96)85(73)83(69)70)90(98)94(89(75)97)48-46-92-56-82-67-35-23-31-63(51-59(15-7)27-19-11-3)79(67)54-80-64(32-24-36-68(80)82)52-60(16-8)28-20-12-4/h21-24,29-44,53-54,57-60,91-92H,9-20,25-28,45-52,55-56H2,1-8H3. The zero-order valence-corrected chi connectivity index (χ0v) is 59.9. The van der Waals surface area contributed by atoms with Crippen LogP contribution in [0.4, 0.5) is 0 Å². The number of carbonyl (C=O) groups is 4. The number of benzene rings is 11. The molecule has 2 N–H and O–H groups in total. The number of amides is 4. The summed E-state index contributed by atoms with van der Waals surface area (Å²) in [7, 11) is 0. The summed E-state index contributed by atoms with van der Waals surface area (Å²) in [5.41, 5.74) is 10.2. The molecule has 0 saturated carbocycles. The minimum atomic E-state index is -0.299. The highest BCUT2D eigenvalue weighted by molar-refractivity contribution is 6.41. The van der Waals surface area contributed by atoms with Crippen LogP contribution in [0.1, 0.15) is 233 Å². The molecule has 0 aliphatic carbocycles. The van der Waals surface area contributed by atoms with E-state index in [1.807, 2.05) is 48.5 Å². The molecule has 98 heavy (non-hydrogen) atoms. The van der Waals surface area contributed by atoms with Crippen LogP contribution in [0.5, 0.6) is 0 Å². The first kappa shape index (κ1) is 68.5. The number of hydrogen-bond donors (Lipinski definition) is 2. The first-order valence-corrected chi connectivity index (χ1v) is 38.2. The van der Waals surface area contributed by atoms with Crippen LogP contribution in [-0.4, -0.2) is 59.6 Å². The van der Waals surface area contributed by atoms with E-state index in [1.165, 1.54) is 163 Å². The van der Waals surface area contributed by atoms with Crippen LogP contribution in [0, 0.1) is 23.7 Å². The molecule has 2 aliphatic rings. The first-order valence-electron chi connectivity index (χ1n) is 38.2. The van der Waals surface area contributed by atoms with E-state index in [0.29, 0.717) is 82.9 Å². The van der Waals surface area contributed by atoms with Crippen LogP contribution in [0.2, 0.25) is 0 Å². The van der Waals surface area contributed by atoms with Crippen LogP contribution in [0.15, 0.2) is 133 Å². The Morgan fingerprint density at radius 2 is 0.571 bits per heavy atom. The summed E-state index contributed by atoms with van der Waals surface area (Å²) in [5, 5.41) is 24.5. The summed E-state index contributed by atoms with van der Waals surface area (Å²) >= 11 is 0. The van der Waals surface area contributed by atoms with Crippen molar-refractivity contribution in [2.45, 2.75) is 197 Å². The summed E-state index contributed by atoms with van der Waals surface area (Å²) in [6.07, 6.45) is 23.7. The third-order valence-electron chi connectivity index (χ3n) is 23.3. The summed E-state index contributed by atoms with van der Waals surface area (Å²) in [6, 6.07) is 48.1. The van der Waals surface area contributed by atoms with Crippen molar-refractivity contribution in [1.29, 1.82) is 0 Å². The van der Waals surface area contributed by atoms with Gasteiger partial charge in [-0.05, 0) is 195 Å². The average Bonchev–Trinajstić information content (AvgIpc) is 0.694. The van der Waals surface area contributed by atoms with Crippen molar-refractivity contribution in [3.8, 4) is 0 Å². The molecular weight excluding hydrogens is 1200 g/mol. The van der Waals surface area contributed by atoms with Crippen molar-refractivity contribution in [1.82, 2.24) is 20.4 Å². The van der Waals surface area contributed by atoms with Crippen molar-refractivity contribution in [3.63, 3.8) is 0 Å². The van der Waals surface area contributed by atoms with Crippen molar-refractivity contribution < 1.29 is 19.2 Å². The van der Waals surface area contributed by atoms with Gasteiger partial charge in [-0.15, -0.1) is 0 Å². The minimum Gasteiger partial charge on any atom is -0.311 e. The Bertz CT molecular complexity index is 4220. The lowest BCUT2D eigenvalue weighted by atomic mass is 9.82. The fraction of sp³-hybridized carbons (Fsp3) is 0.422. The molecule has 4 amide bonds. The van der Waals surface area contributed by atoms with Crippen molar-refractivity contribution in [2.24, 2.45) is 23.7 Å². The maximum absolute atomic E-state index is 14.9. The molecular formula is C90H104N4O4. The molecule has 0 fully saturated rings. The van der Waals surface area contributed by atoms with Crippen LogP contribution in [0.25, 0.3) is 86.2 Å². The molecule has 0 bridgehead atoms. The number of hydrogen-bond acceptors (Lipinski definition) is 6. The number of fused-ring (bicyclic) bond motifs is 6. The Kier molecular flexibility index (Phi) is 21.4. The van der Waals surface area contributed by atoms with Crippen LogP contribution >= 0.6 is 0 Å². The second-order valence-electron chi connectivity index (χ2n) is 29.3. The number of unbranched alkanes of at least 4 members (excludes halogenated alkanes) is 4. The zero-order valence-electron chi connectivity index (χ0n) is 59.9. The molecule has 8 heteroatoms. The summed E-state index contributed by atoms with van der Waals surface area (Å²) in [5.74, 6) is 1.35. The highest BCUT2D eigenvalue weighted by atomic mass is 16.2. The summed E-state index contributed by atoms with van der Waals surface area (Å²) in [4.78, 5) is 62.4. The van der Waals surface area contributed by atoms with Gasteiger partial charge in [0.05, 0.1) is 0 Å². The number of rotatable bonds is 34. The van der Waals surface area contributed by atoms with E-state index in [-0.39, 0.29) is 36.7 Å². The summed E-state index contributed by atoms with van der Waals surface area (Å²) < 4.78 is 0. The highest BCUT2D eigenvalue weighted by Crippen LogP contribution is 2.47. The van der Waals surface area contributed by atoms with Gasteiger partial charge in [0.15, 0.2) is 0 Å². The second-order valence-corrected chi connectivity index (χ2v) is 29.3. The molecule has 2 aliphatic heterocycles. The Balaban J connectivity index is 0.749. The molecule has 0 aromatic heterocycles. The van der Waals surface area contributed by atoms with Gasteiger partial charge in [0, 0.05) is 72.3 Å². The van der Waals surface area contributed by atoms with E-state index in [9.17, 15) is 19.2 Å². The van der Waals surface area contributed by atoms with Gasteiger partial charge >= 0.3 is 0 Å². The van der Waals surface area contributed by atoms with E-state index < -0.39 is 0 Å². The topological polar surface area (TPSA) is 98.8 Å². The van der Waals surface area contributed by atoms with E-state index in [2.05, 4.69) is 151 Å². The Morgan fingerprint density at radius 1 is 0.306 bits per heavy atom. The third-order valence-corrected chi connectivity index (χ3v) is 23.3. The molecule has 8 nitrogen and oxygen atoms in total. The number of nitrogens with one attached hydrogen (secondary N) is 2. The Hall–Kier alpha value is -8.04.